The van der Waals surface area contributed by atoms with Gasteiger partial charge in [0.25, 0.3) is 0 Å². The van der Waals surface area contributed by atoms with Gasteiger partial charge < -0.3 is 9.47 Å². The Kier molecular flexibility index (Phi) is 5.41. The van der Waals surface area contributed by atoms with Gasteiger partial charge in [-0.2, -0.15) is 0 Å². The Hall–Kier alpha value is -5.34. The molecule has 0 fully saturated rings. The minimum atomic E-state index is -0.842. The van der Waals surface area contributed by atoms with Crippen LogP contribution in [0.5, 0.6) is 11.5 Å². The van der Waals surface area contributed by atoms with E-state index in [2.05, 4.69) is 141 Å². The van der Waals surface area contributed by atoms with Gasteiger partial charge in [0.1, 0.15) is 11.5 Å². The average molecular weight is 581 g/mol. The van der Waals surface area contributed by atoms with E-state index >= 15 is 0 Å². The quantitative estimate of drug-likeness (QED) is 0.194. The van der Waals surface area contributed by atoms with Crippen molar-refractivity contribution in [2.75, 3.05) is 7.11 Å². The average Bonchev–Trinajstić information content (AvgIpc) is 3.34. The summed E-state index contributed by atoms with van der Waals surface area (Å²) in [7, 11) is 1.71. The molecule has 2 aliphatic rings. The Morgan fingerprint density at radius 2 is 1.27 bits per heavy atom. The maximum Gasteiger partial charge on any atom is 0.178 e. The molecule has 0 bridgehead atoms. The minimum absolute atomic E-state index is 0.169. The molecule has 1 unspecified atom stereocenters. The lowest BCUT2D eigenvalue weighted by molar-refractivity contribution is 0.163. The highest BCUT2D eigenvalue weighted by molar-refractivity contribution is 6.09. The van der Waals surface area contributed by atoms with Crippen molar-refractivity contribution in [1.82, 2.24) is 0 Å². The lowest BCUT2D eigenvalue weighted by atomic mass is 9.76. The van der Waals surface area contributed by atoms with Gasteiger partial charge >= 0.3 is 0 Å². The van der Waals surface area contributed by atoms with Crippen molar-refractivity contribution in [3.8, 4) is 22.6 Å². The predicted molar refractivity (Wildman–Crippen MR) is 186 cm³/mol. The molecule has 1 aliphatic carbocycles. The first-order valence-corrected chi connectivity index (χ1v) is 15.6. The van der Waals surface area contributed by atoms with Gasteiger partial charge in [0, 0.05) is 27.5 Å². The van der Waals surface area contributed by atoms with Gasteiger partial charge in [0.15, 0.2) is 5.60 Å². The molecule has 0 saturated carbocycles. The van der Waals surface area contributed by atoms with Gasteiger partial charge in [0.2, 0.25) is 0 Å². The van der Waals surface area contributed by atoms with E-state index in [0.29, 0.717) is 0 Å². The van der Waals surface area contributed by atoms with Gasteiger partial charge in [-0.15, -0.1) is 0 Å². The highest BCUT2D eigenvalue weighted by atomic mass is 16.5. The summed E-state index contributed by atoms with van der Waals surface area (Å²) in [5.74, 6) is 1.75. The molecular formula is C43H32O2. The molecule has 1 aliphatic heterocycles. The van der Waals surface area contributed by atoms with Gasteiger partial charge in [-0.25, -0.2) is 0 Å². The van der Waals surface area contributed by atoms with Crippen LogP contribution in [-0.4, -0.2) is 7.11 Å². The highest BCUT2D eigenvalue weighted by Crippen LogP contribution is 2.58. The largest absolute Gasteiger partial charge is 0.497 e. The van der Waals surface area contributed by atoms with Crippen LogP contribution in [0.4, 0.5) is 0 Å². The molecule has 9 rings (SSSR count). The number of benzene rings is 7. The number of hydrogen-bond acceptors (Lipinski definition) is 2. The van der Waals surface area contributed by atoms with E-state index in [1.54, 1.807) is 7.11 Å². The van der Waals surface area contributed by atoms with Crippen LogP contribution in [0.1, 0.15) is 41.7 Å². The summed E-state index contributed by atoms with van der Waals surface area (Å²) in [4.78, 5) is 0. The Bertz CT molecular complexity index is 2360. The fourth-order valence-corrected chi connectivity index (χ4v) is 7.96. The molecule has 1 heterocycles. The molecule has 1 atom stereocenters. The zero-order valence-electron chi connectivity index (χ0n) is 25.6. The van der Waals surface area contributed by atoms with Crippen molar-refractivity contribution in [3.05, 3.63) is 161 Å². The van der Waals surface area contributed by atoms with Crippen molar-refractivity contribution >= 4 is 38.4 Å². The zero-order chi connectivity index (χ0) is 30.3. The Balaban J connectivity index is 1.33. The predicted octanol–water partition coefficient (Wildman–Crippen LogP) is 10.8. The highest BCUT2D eigenvalue weighted by Gasteiger charge is 2.44. The summed E-state index contributed by atoms with van der Waals surface area (Å²) in [5, 5.41) is 7.30. The summed E-state index contributed by atoms with van der Waals surface area (Å²) in [6, 6.07) is 45.8. The first-order chi connectivity index (χ1) is 22.0. The fraction of sp³-hybridized carbons (Fsp3) is 0.116. The lowest BCUT2D eigenvalue weighted by Crippen LogP contribution is -2.35. The first kappa shape index (κ1) is 26.1. The number of rotatable bonds is 3. The number of methoxy groups -OCH3 is 1. The number of ether oxygens (including phenoxy) is 2. The third-order valence-corrected chi connectivity index (χ3v) is 10.1. The van der Waals surface area contributed by atoms with Crippen molar-refractivity contribution < 1.29 is 9.47 Å². The maximum absolute atomic E-state index is 7.50. The molecule has 45 heavy (non-hydrogen) atoms. The molecule has 0 amide bonds. The Morgan fingerprint density at radius 1 is 0.600 bits per heavy atom. The van der Waals surface area contributed by atoms with Crippen molar-refractivity contribution in [2.45, 2.75) is 24.9 Å². The first-order valence-electron chi connectivity index (χ1n) is 15.6. The lowest BCUT2D eigenvalue weighted by Gasteiger charge is -2.38. The van der Waals surface area contributed by atoms with E-state index in [1.807, 2.05) is 12.1 Å². The molecule has 0 N–H and O–H groups in total. The molecule has 2 heteroatoms. The number of fused-ring (bicyclic) bond motifs is 11. The monoisotopic (exact) mass is 580 g/mol. The molecule has 7 aromatic carbocycles. The Morgan fingerprint density at radius 3 is 2.09 bits per heavy atom. The van der Waals surface area contributed by atoms with Crippen molar-refractivity contribution in [1.29, 1.82) is 0 Å². The van der Waals surface area contributed by atoms with Crippen LogP contribution < -0.4 is 9.47 Å². The normalized spacial score (nSPS) is 17.6. The van der Waals surface area contributed by atoms with Crippen LogP contribution in [0.3, 0.4) is 0 Å². The van der Waals surface area contributed by atoms with Crippen molar-refractivity contribution in [3.63, 3.8) is 0 Å². The third kappa shape index (κ3) is 3.57. The second-order valence-electron chi connectivity index (χ2n) is 12.8. The van der Waals surface area contributed by atoms with Gasteiger partial charge in [-0.1, -0.05) is 129 Å². The van der Waals surface area contributed by atoms with Crippen LogP contribution in [0.2, 0.25) is 0 Å². The van der Waals surface area contributed by atoms with E-state index in [9.17, 15) is 0 Å². The SMILES string of the molecule is COc1ccc(C2(c3ccc4c(ccc5ccccc54)c3)C=Cc3c4c(c5ccccc5c3O2)-c2ccccc2C4(C)C)cc1. The molecular weight excluding hydrogens is 548 g/mol. The summed E-state index contributed by atoms with van der Waals surface area (Å²) in [6.45, 7) is 4.69. The summed E-state index contributed by atoms with van der Waals surface area (Å²) in [6.07, 6.45) is 4.60. The van der Waals surface area contributed by atoms with E-state index < -0.39 is 5.60 Å². The van der Waals surface area contributed by atoms with E-state index in [0.717, 1.165) is 28.0 Å². The molecule has 0 aromatic heterocycles. The fourth-order valence-electron chi connectivity index (χ4n) is 7.96. The van der Waals surface area contributed by atoms with Crippen LogP contribution in [0.15, 0.2) is 133 Å². The van der Waals surface area contributed by atoms with Gasteiger partial charge in [-0.05, 0) is 73.5 Å². The molecule has 2 nitrogen and oxygen atoms in total. The summed E-state index contributed by atoms with van der Waals surface area (Å²) in [5.41, 5.74) is 7.64. The third-order valence-electron chi connectivity index (χ3n) is 10.1. The second kappa shape index (κ2) is 9.33. The molecule has 0 spiro atoms. The van der Waals surface area contributed by atoms with E-state index in [-0.39, 0.29) is 5.41 Å². The smallest absolute Gasteiger partial charge is 0.178 e. The van der Waals surface area contributed by atoms with Crippen molar-refractivity contribution in [2.24, 2.45) is 0 Å². The Labute approximate surface area is 263 Å². The second-order valence-corrected chi connectivity index (χ2v) is 12.8. The molecule has 0 radical (unpaired) electrons. The molecule has 0 saturated heterocycles. The van der Waals surface area contributed by atoms with Crippen LogP contribution in [0.25, 0.3) is 49.5 Å². The standard InChI is InChI=1S/C43H32O2/c1-42(2)38-15-9-8-14-36(38)39-34-12-6-7-13-35(34)41-37(40(39)42)24-25-43(45-41,29-18-21-31(44-3)22-19-29)30-20-23-33-28(26-30)17-16-27-10-4-5-11-32(27)33/h4-26H,1-3H3. The van der Waals surface area contributed by atoms with Crippen LogP contribution in [-0.2, 0) is 11.0 Å². The molecule has 216 valence electrons. The zero-order valence-corrected chi connectivity index (χ0v) is 25.6. The topological polar surface area (TPSA) is 18.5 Å². The van der Waals surface area contributed by atoms with Gasteiger partial charge in [0.05, 0.1) is 7.11 Å². The summed E-state index contributed by atoms with van der Waals surface area (Å²) >= 11 is 0. The van der Waals surface area contributed by atoms with E-state index in [1.165, 1.54) is 54.7 Å². The summed E-state index contributed by atoms with van der Waals surface area (Å²) < 4.78 is 13.1. The molecule has 7 aromatic rings. The number of hydrogen-bond donors (Lipinski definition) is 0. The van der Waals surface area contributed by atoms with Crippen LogP contribution in [0, 0.1) is 0 Å². The minimum Gasteiger partial charge on any atom is -0.497 e. The van der Waals surface area contributed by atoms with Gasteiger partial charge in [-0.3, -0.25) is 0 Å². The van der Waals surface area contributed by atoms with Crippen LogP contribution >= 0.6 is 0 Å². The van der Waals surface area contributed by atoms with E-state index in [4.69, 9.17) is 9.47 Å². The maximum atomic E-state index is 7.50.